The van der Waals surface area contributed by atoms with E-state index in [4.69, 9.17) is 0 Å². The van der Waals surface area contributed by atoms with Crippen LogP contribution in [0.5, 0.6) is 0 Å². The first-order chi connectivity index (χ1) is 15.1. The zero-order valence-electron chi connectivity index (χ0n) is 16.9. The summed E-state index contributed by atoms with van der Waals surface area (Å²) in [7, 11) is 0. The van der Waals surface area contributed by atoms with Crippen molar-refractivity contribution in [3.63, 3.8) is 0 Å². The summed E-state index contributed by atoms with van der Waals surface area (Å²) in [5, 5.41) is 7.66. The highest BCUT2D eigenvalue weighted by atomic mass is 32.2. The highest BCUT2D eigenvalue weighted by molar-refractivity contribution is 8.00. The standard InChI is InChI=1S/C25H21N3O2S/c1-17(24(29)27-22-12-14-26-15-13-22)31-23-10-8-21(9-11-23)28-25(30)20-7-6-18-4-2-3-5-19(18)16-20/h2-17H,1H3,(H,28,30)(H,26,27,29). The predicted octanol–water partition coefficient (Wildman–Crippen LogP) is 5.61. The molecule has 0 radical (unpaired) electrons. The fourth-order valence-corrected chi connectivity index (χ4v) is 3.95. The Balaban J connectivity index is 1.36. The molecule has 31 heavy (non-hydrogen) atoms. The van der Waals surface area contributed by atoms with E-state index in [1.54, 1.807) is 24.5 Å². The van der Waals surface area contributed by atoms with Crippen LogP contribution in [-0.2, 0) is 4.79 Å². The lowest BCUT2D eigenvalue weighted by Gasteiger charge is -2.12. The van der Waals surface area contributed by atoms with E-state index in [1.165, 1.54) is 11.8 Å². The van der Waals surface area contributed by atoms with Gasteiger partial charge in [0.1, 0.15) is 0 Å². The van der Waals surface area contributed by atoms with E-state index in [0.717, 1.165) is 21.4 Å². The average Bonchev–Trinajstić information content (AvgIpc) is 2.80. The number of carbonyl (C=O) groups is 2. The van der Waals surface area contributed by atoms with Crippen molar-refractivity contribution in [2.75, 3.05) is 10.6 Å². The topological polar surface area (TPSA) is 71.1 Å². The number of hydrogen-bond acceptors (Lipinski definition) is 4. The van der Waals surface area contributed by atoms with E-state index < -0.39 is 0 Å². The molecular formula is C25H21N3O2S. The quantitative estimate of drug-likeness (QED) is 0.393. The number of pyridine rings is 1. The maximum Gasteiger partial charge on any atom is 0.255 e. The molecule has 4 aromatic rings. The molecule has 0 spiro atoms. The lowest BCUT2D eigenvalue weighted by Crippen LogP contribution is -2.22. The van der Waals surface area contributed by atoms with Crippen LogP contribution in [0.15, 0.2) is 96.2 Å². The van der Waals surface area contributed by atoms with Gasteiger partial charge in [0.2, 0.25) is 5.91 Å². The van der Waals surface area contributed by atoms with Crippen molar-refractivity contribution in [1.29, 1.82) is 0 Å². The zero-order valence-corrected chi connectivity index (χ0v) is 17.7. The maximum absolute atomic E-state index is 12.6. The van der Waals surface area contributed by atoms with Crippen molar-refractivity contribution in [3.8, 4) is 0 Å². The SMILES string of the molecule is CC(Sc1ccc(NC(=O)c2ccc3ccccc3c2)cc1)C(=O)Nc1ccncc1. The minimum atomic E-state index is -0.272. The predicted molar refractivity (Wildman–Crippen MR) is 127 cm³/mol. The van der Waals surface area contributed by atoms with Crippen molar-refractivity contribution in [2.24, 2.45) is 0 Å². The first kappa shape index (κ1) is 20.6. The largest absolute Gasteiger partial charge is 0.325 e. The summed E-state index contributed by atoms with van der Waals surface area (Å²) in [6, 6.07) is 24.6. The number of carbonyl (C=O) groups excluding carboxylic acids is 2. The number of aromatic nitrogens is 1. The fraction of sp³-hybridized carbons (Fsp3) is 0.0800. The molecule has 1 atom stereocenters. The number of benzene rings is 3. The molecule has 5 nitrogen and oxygen atoms in total. The summed E-state index contributed by atoms with van der Waals surface area (Å²) in [5.74, 6) is -0.235. The summed E-state index contributed by atoms with van der Waals surface area (Å²) in [6.45, 7) is 1.86. The maximum atomic E-state index is 12.6. The third-order valence-corrected chi connectivity index (χ3v) is 5.87. The Morgan fingerprint density at radius 3 is 2.23 bits per heavy atom. The monoisotopic (exact) mass is 427 g/mol. The third kappa shape index (κ3) is 5.29. The van der Waals surface area contributed by atoms with Gasteiger partial charge >= 0.3 is 0 Å². The number of rotatable bonds is 6. The molecule has 0 fully saturated rings. The van der Waals surface area contributed by atoms with Gasteiger partial charge in [-0.15, -0.1) is 11.8 Å². The van der Waals surface area contributed by atoms with Gasteiger partial charge in [0.25, 0.3) is 5.91 Å². The summed E-state index contributed by atoms with van der Waals surface area (Å²) in [4.78, 5) is 29.9. The number of nitrogens with one attached hydrogen (secondary N) is 2. The molecule has 0 aliphatic heterocycles. The molecule has 2 amide bonds. The number of thioether (sulfide) groups is 1. The normalized spacial score (nSPS) is 11.6. The van der Waals surface area contributed by atoms with E-state index in [9.17, 15) is 9.59 Å². The molecule has 4 rings (SSSR count). The molecular weight excluding hydrogens is 406 g/mol. The molecule has 1 unspecified atom stereocenters. The van der Waals surface area contributed by atoms with Crippen molar-refractivity contribution < 1.29 is 9.59 Å². The van der Waals surface area contributed by atoms with Gasteiger partial charge in [0, 0.05) is 34.2 Å². The molecule has 0 aliphatic carbocycles. The summed E-state index contributed by atoms with van der Waals surface area (Å²) in [5.41, 5.74) is 2.04. The molecule has 6 heteroatoms. The van der Waals surface area contributed by atoms with Crippen LogP contribution >= 0.6 is 11.8 Å². The van der Waals surface area contributed by atoms with Crippen molar-refractivity contribution in [1.82, 2.24) is 4.98 Å². The molecule has 154 valence electrons. The second kappa shape index (κ2) is 9.45. The van der Waals surface area contributed by atoms with E-state index in [1.807, 2.05) is 73.7 Å². The molecule has 1 heterocycles. The lowest BCUT2D eigenvalue weighted by molar-refractivity contribution is -0.115. The van der Waals surface area contributed by atoms with E-state index in [2.05, 4.69) is 15.6 Å². The van der Waals surface area contributed by atoms with Crippen molar-refractivity contribution in [2.45, 2.75) is 17.1 Å². The van der Waals surface area contributed by atoms with Gasteiger partial charge in [-0.2, -0.15) is 0 Å². The second-order valence-electron chi connectivity index (χ2n) is 7.03. The minimum Gasteiger partial charge on any atom is -0.325 e. The summed E-state index contributed by atoms with van der Waals surface area (Å²) in [6.07, 6.45) is 3.27. The molecule has 0 saturated carbocycles. The van der Waals surface area contributed by atoms with Gasteiger partial charge in [-0.1, -0.05) is 30.3 Å². The van der Waals surface area contributed by atoms with E-state index in [-0.39, 0.29) is 17.1 Å². The number of anilines is 2. The van der Waals surface area contributed by atoms with Gasteiger partial charge in [0.15, 0.2) is 0 Å². The number of fused-ring (bicyclic) bond motifs is 1. The van der Waals surface area contributed by atoms with Crippen LogP contribution in [-0.4, -0.2) is 22.0 Å². The summed E-state index contributed by atoms with van der Waals surface area (Å²) >= 11 is 1.46. The van der Waals surface area contributed by atoms with Gasteiger partial charge < -0.3 is 10.6 Å². The van der Waals surface area contributed by atoms with E-state index >= 15 is 0 Å². The Morgan fingerprint density at radius 1 is 0.806 bits per heavy atom. The summed E-state index contributed by atoms with van der Waals surface area (Å²) < 4.78 is 0. The van der Waals surface area contributed by atoms with Crippen LogP contribution in [0.3, 0.4) is 0 Å². The van der Waals surface area contributed by atoms with Gasteiger partial charge in [-0.25, -0.2) is 0 Å². The van der Waals surface area contributed by atoms with Crippen molar-refractivity contribution >= 4 is 45.7 Å². The lowest BCUT2D eigenvalue weighted by atomic mass is 10.1. The molecule has 1 aromatic heterocycles. The Morgan fingerprint density at radius 2 is 1.48 bits per heavy atom. The second-order valence-corrected chi connectivity index (χ2v) is 8.44. The van der Waals surface area contributed by atoms with Crippen LogP contribution in [0.25, 0.3) is 10.8 Å². The number of hydrogen-bond donors (Lipinski definition) is 2. The number of nitrogens with zero attached hydrogens (tertiary/aromatic N) is 1. The van der Waals surface area contributed by atoms with Crippen molar-refractivity contribution in [3.05, 3.63) is 96.8 Å². The molecule has 3 aromatic carbocycles. The van der Waals surface area contributed by atoms with Gasteiger partial charge in [-0.05, 0) is 66.2 Å². The minimum absolute atomic E-state index is 0.0788. The van der Waals surface area contributed by atoms with Crippen LogP contribution in [0.2, 0.25) is 0 Å². The van der Waals surface area contributed by atoms with Crippen LogP contribution in [0, 0.1) is 0 Å². The zero-order chi connectivity index (χ0) is 21.6. The first-order valence-electron chi connectivity index (χ1n) is 9.86. The average molecular weight is 428 g/mol. The molecule has 0 bridgehead atoms. The van der Waals surface area contributed by atoms with Crippen LogP contribution < -0.4 is 10.6 Å². The van der Waals surface area contributed by atoms with Crippen LogP contribution in [0.4, 0.5) is 11.4 Å². The first-order valence-corrected chi connectivity index (χ1v) is 10.7. The molecule has 0 saturated heterocycles. The van der Waals surface area contributed by atoms with E-state index in [0.29, 0.717) is 11.3 Å². The molecule has 2 N–H and O–H groups in total. The molecule has 0 aliphatic rings. The highest BCUT2D eigenvalue weighted by Crippen LogP contribution is 2.26. The van der Waals surface area contributed by atoms with Gasteiger partial charge in [-0.3, -0.25) is 14.6 Å². The Hall–Kier alpha value is -3.64. The Kier molecular flexibility index (Phi) is 6.29. The van der Waals surface area contributed by atoms with Crippen LogP contribution in [0.1, 0.15) is 17.3 Å². The van der Waals surface area contributed by atoms with Gasteiger partial charge in [0.05, 0.1) is 5.25 Å². The number of amides is 2. The fourth-order valence-electron chi connectivity index (χ4n) is 3.09. The Labute approximate surface area is 184 Å². The highest BCUT2D eigenvalue weighted by Gasteiger charge is 2.15. The Bertz CT molecular complexity index is 1210. The smallest absolute Gasteiger partial charge is 0.255 e. The third-order valence-electron chi connectivity index (χ3n) is 4.75.